The fourth-order valence-electron chi connectivity index (χ4n) is 2.84. The number of sulfonamides is 1. The van der Waals surface area contributed by atoms with Gasteiger partial charge in [-0.15, -0.1) is 0 Å². The molecule has 0 unspecified atom stereocenters. The summed E-state index contributed by atoms with van der Waals surface area (Å²) in [5.41, 5.74) is 1.000. The van der Waals surface area contributed by atoms with Gasteiger partial charge in [-0.1, -0.05) is 13.0 Å². The van der Waals surface area contributed by atoms with Crippen LogP contribution < -0.4 is 5.32 Å². The average Bonchev–Trinajstić information content (AvgIpc) is 3.20. The van der Waals surface area contributed by atoms with Crippen molar-refractivity contribution in [1.29, 1.82) is 0 Å². The molecule has 2 aromatic rings. The number of carbonyl (C=O) groups is 1. The van der Waals surface area contributed by atoms with Gasteiger partial charge in [0.1, 0.15) is 5.76 Å². The summed E-state index contributed by atoms with van der Waals surface area (Å²) in [4.78, 5) is 12.6. The number of furan rings is 1. The van der Waals surface area contributed by atoms with E-state index in [-0.39, 0.29) is 17.3 Å². The third-order valence-electron chi connectivity index (χ3n) is 4.30. The first-order valence-corrected chi connectivity index (χ1v) is 9.97. The highest BCUT2D eigenvalue weighted by molar-refractivity contribution is 7.89. The van der Waals surface area contributed by atoms with Gasteiger partial charge >= 0.3 is 0 Å². The van der Waals surface area contributed by atoms with Crippen molar-refractivity contribution in [3.8, 4) is 0 Å². The van der Waals surface area contributed by atoms with Crippen molar-refractivity contribution in [2.45, 2.75) is 24.8 Å². The fraction of sp³-hybridized carbons (Fsp3) is 0.389. The van der Waals surface area contributed by atoms with E-state index in [2.05, 4.69) is 5.32 Å². The molecule has 0 radical (unpaired) electrons. The van der Waals surface area contributed by atoms with Crippen LogP contribution in [0.25, 0.3) is 0 Å². The predicted molar refractivity (Wildman–Crippen MR) is 95.3 cm³/mol. The lowest BCUT2D eigenvalue weighted by Gasteiger charge is -2.27. The van der Waals surface area contributed by atoms with E-state index in [1.807, 2.05) is 6.92 Å². The Morgan fingerprint density at radius 1 is 1.23 bits per heavy atom. The molecule has 1 aromatic heterocycles. The molecule has 0 spiro atoms. The standard InChI is InChI=1S/C18H22N2O5S/c1-2-14-5-6-15(18(21)19-13-16-4-3-9-25-16)12-17(14)26(22,23)20-7-10-24-11-8-20/h3-6,9,12H,2,7-8,10-11,13H2,1H3,(H,19,21). The normalized spacial score (nSPS) is 15.7. The molecule has 0 saturated carbocycles. The zero-order valence-electron chi connectivity index (χ0n) is 14.6. The van der Waals surface area contributed by atoms with Gasteiger partial charge in [-0.05, 0) is 36.2 Å². The zero-order chi connectivity index (χ0) is 18.6. The number of nitrogens with zero attached hydrogens (tertiary/aromatic N) is 1. The Balaban J connectivity index is 1.84. The number of carbonyl (C=O) groups excluding carboxylic acids is 1. The maximum Gasteiger partial charge on any atom is 0.251 e. The summed E-state index contributed by atoms with van der Waals surface area (Å²) in [6.07, 6.45) is 2.09. The summed E-state index contributed by atoms with van der Waals surface area (Å²) in [7, 11) is -3.66. The number of ether oxygens (including phenoxy) is 1. The van der Waals surface area contributed by atoms with Crippen molar-refractivity contribution < 1.29 is 22.4 Å². The Hall–Kier alpha value is -2.16. The first kappa shape index (κ1) is 18.6. The van der Waals surface area contributed by atoms with Gasteiger partial charge in [-0.3, -0.25) is 4.79 Å². The van der Waals surface area contributed by atoms with Gasteiger partial charge in [0.05, 0.1) is 30.9 Å². The van der Waals surface area contributed by atoms with Crippen LogP contribution >= 0.6 is 0 Å². The Bertz CT molecular complexity index is 856. The number of hydrogen-bond acceptors (Lipinski definition) is 5. The van der Waals surface area contributed by atoms with Crippen molar-refractivity contribution >= 4 is 15.9 Å². The monoisotopic (exact) mass is 378 g/mol. The van der Waals surface area contributed by atoms with Gasteiger partial charge in [-0.2, -0.15) is 4.31 Å². The van der Waals surface area contributed by atoms with Crippen LogP contribution in [0.5, 0.6) is 0 Å². The molecular formula is C18H22N2O5S. The molecule has 1 aliphatic heterocycles. The van der Waals surface area contributed by atoms with Crippen molar-refractivity contribution in [2.75, 3.05) is 26.3 Å². The molecular weight excluding hydrogens is 356 g/mol. The Morgan fingerprint density at radius 2 is 2.00 bits per heavy atom. The van der Waals surface area contributed by atoms with Crippen molar-refractivity contribution in [2.24, 2.45) is 0 Å². The molecule has 2 heterocycles. The first-order chi connectivity index (χ1) is 12.5. The summed E-state index contributed by atoms with van der Waals surface area (Å²) in [5.74, 6) is 0.284. The molecule has 1 amide bonds. The zero-order valence-corrected chi connectivity index (χ0v) is 15.4. The molecule has 1 aromatic carbocycles. The van der Waals surface area contributed by atoms with Crippen LogP contribution in [0.15, 0.2) is 45.9 Å². The number of hydrogen-bond donors (Lipinski definition) is 1. The lowest BCUT2D eigenvalue weighted by atomic mass is 10.1. The van der Waals surface area contributed by atoms with Crippen LogP contribution in [0.4, 0.5) is 0 Å². The lowest BCUT2D eigenvalue weighted by Crippen LogP contribution is -2.41. The van der Waals surface area contributed by atoms with Gasteiger partial charge in [0, 0.05) is 18.7 Å². The molecule has 1 saturated heterocycles. The van der Waals surface area contributed by atoms with Gasteiger partial charge in [0.15, 0.2) is 0 Å². The molecule has 7 nitrogen and oxygen atoms in total. The largest absolute Gasteiger partial charge is 0.467 e. The summed E-state index contributed by atoms with van der Waals surface area (Å²) in [6.45, 7) is 3.53. The summed E-state index contributed by atoms with van der Waals surface area (Å²) in [5, 5.41) is 2.74. The third kappa shape index (κ3) is 3.98. The van der Waals surface area contributed by atoms with Crippen LogP contribution in [0, 0.1) is 0 Å². The maximum atomic E-state index is 13.0. The highest BCUT2D eigenvalue weighted by atomic mass is 32.2. The SMILES string of the molecule is CCc1ccc(C(=O)NCc2ccco2)cc1S(=O)(=O)N1CCOCC1. The molecule has 3 rings (SSSR count). The highest BCUT2D eigenvalue weighted by Crippen LogP contribution is 2.23. The second-order valence-electron chi connectivity index (χ2n) is 5.95. The average molecular weight is 378 g/mol. The smallest absolute Gasteiger partial charge is 0.251 e. The quantitative estimate of drug-likeness (QED) is 0.828. The number of aryl methyl sites for hydroxylation is 1. The minimum atomic E-state index is -3.66. The first-order valence-electron chi connectivity index (χ1n) is 8.53. The van der Waals surface area contributed by atoms with Crippen LogP contribution in [0.2, 0.25) is 0 Å². The molecule has 26 heavy (non-hydrogen) atoms. The Morgan fingerprint density at radius 3 is 2.65 bits per heavy atom. The van der Waals surface area contributed by atoms with Crippen LogP contribution in [0.1, 0.15) is 28.6 Å². The number of rotatable bonds is 6. The highest BCUT2D eigenvalue weighted by Gasteiger charge is 2.29. The van der Waals surface area contributed by atoms with E-state index in [4.69, 9.17) is 9.15 Å². The van der Waals surface area contributed by atoms with E-state index in [0.29, 0.717) is 49.6 Å². The van der Waals surface area contributed by atoms with E-state index in [0.717, 1.165) is 0 Å². The molecule has 1 N–H and O–H groups in total. The summed E-state index contributed by atoms with van der Waals surface area (Å²) < 4.78 is 37.9. The van der Waals surface area contributed by atoms with Gasteiger partial charge < -0.3 is 14.5 Å². The summed E-state index contributed by atoms with van der Waals surface area (Å²) >= 11 is 0. The second kappa shape index (κ2) is 8.03. The van der Waals surface area contributed by atoms with Crippen LogP contribution in [-0.4, -0.2) is 44.9 Å². The van der Waals surface area contributed by atoms with Gasteiger partial charge in [0.25, 0.3) is 5.91 Å². The topological polar surface area (TPSA) is 88.8 Å². The number of nitrogens with one attached hydrogen (secondary N) is 1. The van der Waals surface area contributed by atoms with Gasteiger partial charge in [0.2, 0.25) is 10.0 Å². The minimum absolute atomic E-state index is 0.188. The van der Waals surface area contributed by atoms with Crippen LogP contribution in [0.3, 0.4) is 0 Å². The van der Waals surface area contributed by atoms with Gasteiger partial charge in [-0.25, -0.2) is 8.42 Å². The fourth-order valence-corrected chi connectivity index (χ4v) is 4.56. The van der Waals surface area contributed by atoms with E-state index in [9.17, 15) is 13.2 Å². The predicted octanol–water partition coefficient (Wildman–Crippen LogP) is 1.79. The van der Waals surface area contributed by atoms with Crippen molar-refractivity contribution in [3.05, 3.63) is 53.5 Å². The van der Waals surface area contributed by atoms with Crippen LogP contribution in [-0.2, 0) is 27.7 Å². The molecule has 140 valence electrons. The number of benzene rings is 1. The van der Waals surface area contributed by atoms with E-state index >= 15 is 0 Å². The molecule has 0 atom stereocenters. The van der Waals surface area contributed by atoms with Crippen molar-refractivity contribution in [3.63, 3.8) is 0 Å². The minimum Gasteiger partial charge on any atom is -0.467 e. The molecule has 1 aliphatic rings. The lowest BCUT2D eigenvalue weighted by molar-refractivity contribution is 0.0730. The van der Waals surface area contributed by atoms with E-state index in [1.54, 1.807) is 24.3 Å². The third-order valence-corrected chi connectivity index (χ3v) is 6.28. The maximum absolute atomic E-state index is 13.0. The number of amides is 1. The number of morpholine rings is 1. The Labute approximate surface area is 153 Å². The molecule has 0 bridgehead atoms. The Kier molecular flexibility index (Phi) is 5.75. The van der Waals surface area contributed by atoms with Crippen molar-refractivity contribution in [1.82, 2.24) is 9.62 Å². The summed E-state index contributed by atoms with van der Waals surface area (Å²) in [6, 6.07) is 8.31. The molecule has 0 aliphatic carbocycles. The molecule has 1 fully saturated rings. The molecule has 8 heteroatoms. The van der Waals surface area contributed by atoms with E-state index < -0.39 is 10.0 Å². The van der Waals surface area contributed by atoms with E-state index in [1.165, 1.54) is 16.6 Å². The second-order valence-corrected chi connectivity index (χ2v) is 7.86.